The molecule has 0 bridgehead atoms. The second-order valence-electron chi connectivity index (χ2n) is 9.36. The van der Waals surface area contributed by atoms with Gasteiger partial charge in [0.15, 0.2) is 0 Å². The van der Waals surface area contributed by atoms with Crippen LogP contribution in [-0.2, 0) is 25.7 Å². The highest BCUT2D eigenvalue weighted by molar-refractivity contribution is 5.96. The highest BCUT2D eigenvalue weighted by Crippen LogP contribution is 2.39. The first-order valence-electron chi connectivity index (χ1n) is 12.8. The van der Waals surface area contributed by atoms with Gasteiger partial charge in [-0.25, -0.2) is 0 Å². The van der Waals surface area contributed by atoms with Crippen molar-refractivity contribution in [2.45, 2.75) is 38.8 Å². The van der Waals surface area contributed by atoms with E-state index in [1.54, 1.807) is 14.7 Å². The molecule has 0 atom stereocenters. The normalized spacial score (nSPS) is 17.1. The highest BCUT2D eigenvalue weighted by atomic mass is 16.5. The van der Waals surface area contributed by atoms with E-state index in [1.807, 2.05) is 74.5 Å². The van der Waals surface area contributed by atoms with Gasteiger partial charge in [-0.3, -0.25) is 14.4 Å². The third kappa shape index (κ3) is 5.38. The first-order valence-corrected chi connectivity index (χ1v) is 12.8. The van der Waals surface area contributed by atoms with Crippen molar-refractivity contribution in [3.05, 3.63) is 66.2 Å². The fraction of sp³-hybridized carbons (Fsp3) is 0.464. The predicted molar refractivity (Wildman–Crippen MR) is 138 cm³/mol. The van der Waals surface area contributed by atoms with Gasteiger partial charge < -0.3 is 24.3 Å². The zero-order chi connectivity index (χ0) is 25.5. The lowest BCUT2D eigenvalue weighted by atomic mass is 9.85. The van der Waals surface area contributed by atoms with E-state index >= 15 is 0 Å². The zero-order valence-electron chi connectivity index (χ0n) is 21.3. The molecule has 4 rings (SSSR count). The summed E-state index contributed by atoms with van der Waals surface area (Å²) in [6.07, 6.45) is 1.03. The summed E-state index contributed by atoms with van der Waals surface area (Å²) in [6, 6.07) is 19.6. The third-order valence-electron chi connectivity index (χ3n) is 7.30. The monoisotopic (exact) mass is 492 g/mol. The Hall–Kier alpha value is -3.39. The van der Waals surface area contributed by atoms with Crippen molar-refractivity contribution in [2.24, 2.45) is 0 Å². The molecular weight excluding hydrogens is 456 g/mol. The molecule has 2 aromatic rings. The maximum atomic E-state index is 13.8. The number of likely N-dealkylation sites (N-methyl/N-ethyl adjacent to an activating group) is 1. The van der Waals surface area contributed by atoms with E-state index < -0.39 is 5.54 Å². The second kappa shape index (κ2) is 11.6. The summed E-state index contributed by atoms with van der Waals surface area (Å²) >= 11 is 0. The number of benzene rings is 2. The highest BCUT2D eigenvalue weighted by Gasteiger charge is 2.54. The molecule has 2 aliphatic rings. The molecule has 0 aliphatic carbocycles. The Morgan fingerprint density at radius 1 is 0.944 bits per heavy atom. The van der Waals surface area contributed by atoms with Crippen LogP contribution in [0.5, 0.6) is 0 Å². The van der Waals surface area contributed by atoms with Gasteiger partial charge in [-0.05, 0) is 44.4 Å². The fourth-order valence-electron chi connectivity index (χ4n) is 5.21. The summed E-state index contributed by atoms with van der Waals surface area (Å²) in [6.45, 7) is 6.92. The van der Waals surface area contributed by atoms with Crippen molar-refractivity contribution in [1.29, 1.82) is 0 Å². The van der Waals surface area contributed by atoms with Crippen molar-refractivity contribution in [3.8, 4) is 0 Å². The van der Waals surface area contributed by atoms with E-state index in [9.17, 15) is 14.4 Å². The Labute approximate surface area is 213 Å². The molecule has 8 heteroatoms. The Morgan fingerprint density at radius 3 is 2.17 bits per heavy atom. The van der Waals surface area contributed by atoms with Crippen molar-refractivity contribution in [1.82, 2.24) is 14.7 Å². The zero-order valence-corrected chi connectivity index (χ0v) is 21.3. The maximum absolute atomic E-state index is 13.8. The van der Waals surface area contributed by atoms with E-state index in [4.69, 9.17) is 4.74 Å². The van der Waals surface area contributed by atoms with E-state index in [1.165, 1.54) is 0 Å². The number of piperidine rings is 1. The average Bonchev–Trinajstić information content (AvgIpc) is 3.17. The van der Waals surface area contributed by atoms with E-state index in [2.05, 4.69) is 4.90 Å². The molecule has 2 heterocycles. The second-order valence-corrected chi connectivity index (χ2v) is 9.36. The summed E-state index contributed by atoms with van der Waals surface area (Å²) < 4.78 is 5.65. The third-order valence-corrected chi connectivity index (χ3v) is 7.30. The molecule has 2 fully saturated rings. The minimum absolute atomic E-state index is 0.0166. The van der Waals surface area contributed by atoms with Gasteiger partial charge in [0.05, 0.1) is 13.3 Å². The molecule has 0 radical (unpaired) electrons. The molecule has 192 valence electrons. The number of hydrogen-bond acceptors (Lipinski definition) is 5. The van der Waals surface area contributed by atoms with E-state index in [0.29, 0.717) is 52.3 Å². The smallest absolute Gasteiger partial charge is 0.250 e. The van der Waals surface area contributed by atoms with Crippen LogP contribution in [0, 0.1) is 0 Å². The van der Waals surface area contributed by atoms with Crippen molar-refractivity contribution >= 4 is 23.4 Å². The number of hydrogen-bond donors (Lipinski definition) is 0. The van der Waals surface area contributed by atoms with Gasteiger partial charge in [-0.1, -0.05) is 48.5 Å². The molecule has 0 aromatic heterocycles. The van der Waals surface area contributed by atoms with Gasteiger partial charge in [0.1, 0.15) is 18.7 Å². The number of nitrogens with zero attached hydrogens (tertiary/aromatic N) is 4. The number of para-hydroxylation sites is 1. The topological polar surface area (TPSA) is 73.4 Å². The number of likely N-dealkylation sites (tertiary alicyclic amines) is 1. The molecule has 0 N–H and O–H groups in total. The van der Waals surface area contributed by atoms with Crippen LogP contribution in [0.2, 0.25) is 0 Å². The Bertz CT molecular complexity index is 1030. The van der Waals surface area contributed by atoms with Crippen molar-refractivity contribution in [3.63, 3.8) is 0 Å². The molecule has 3 amide bonds. The Balaban J connectivity index is 1.43. The molecule has 2 aromatic carbocycles. The van der Waals surface area contributed by atoms with Crippen LogP contribution in [0.1, 0.15) is 32.3 Å². The van der Waals surface area contributed by atoms with Crippen molar-refractivity contribution in [2.75, 3.05) is 50.9 Å². The number of carbonyl (C=O) groups excluding carboxylic acids is 3. The van der Waals surface area contributed by atoms with Crippen LogP contribution in [0.25, 0.3) is 0 Å². The summed E-state index contributed by atoms with van der Waals surface area (Å²) in [5, 5.41) is 0. The minimum Gasteiger partial charge on any atom is -0.367 e. The largest absolute Gasteiger partial charge is 0.367 e. The number of anilines is 1. The average molecular weight is 493 g/mol. The first kappa shape index (κ1) is 25.7. The van der Waals surface area contributed by atoms with Crippen molar-refractivity contribution < 1.29 is 19.1 Å². The number of ether oxygens (including phenoxy) is 1. The standard InChI is InChI=1S/C28H36N4O4/c1-3-29(4-2)25(33)19-31-22-32(24-13-9-6-10-14-24)28(27(31)35)15-17-30(18-16-28)26(34)21-36-20-23-11-7-5-8-12-23/h5-14H,3-4,15-22H2,1-2H3. The SMILES string of the molecule is CCN(CC)C(=O)CN1CN(c2ccccc2)C2(CCN(C(=O)COCc3ccccc3)CC2)C1=O. The van der Waals surface area contributed by atoms with Crippen LogP contribution < -0.4 is 4.90 Å². The molecule has 36 heavy (non-hydrogen) atoms. The Kier molecular flexibility index (Phi) is 8.25. The lowest BCUT2D eigenvalue weighted by Crippen LogP contribution is -2.57. The molecular formula is C28H36N4O4. The summed E-state index contributed by atoms with van der Waals surface area (Å²) in [4.78, 5) is 46.8. The summed E-state index contributed by atoms with van der Waals surface area (Å²) in [5.41, 5.74) is 1.22. The lowest BCUT2D eigenvalue weighted by molar-refractivity contribution is -0.143. The van der Waals surface area contributed by atoms with Gasteiger partial charge in [0, 0.05) is 31.9 Å². The molecule has 8 nitrogen and oxygen atoms in total. The van der Waals surface area contributed by atoms with Crippen LogP contribution in [-0.4, -0.2) is 84.0 Å². The quantitative estimate of drug-likeness (QED) is 0.538. The van der Waals surface area contributed by atoms with Crippen LogP contribution >= 0.6 is 0 Å². The maximum Gasteiger partial charge on any atom is 0.250 e. The number of amides is 3. The van der Waals surface area contributed by atoms with E-state index in [0.717, 1.165) is 11.3 Å². The van der Waals surface area contributed by atoms with Crippen LogP contribution in [0.15, 0.2) is 60.7 Å². The lowest BCUT2D eigenvalue weighted by Gasteiger charge is -2.43. The summed E-state index contributed by atoms with van der Waals surface area (Å²) in [5.74, 6) is -0.132. The number of rotatable bonds is 9. The molecule has 2 saturated heterocycles. The van der Waals surface area contributed by atoms with E-state index in [-0.39, 0.29) is 30.9 Å². The number of carbonyl (C=O) groups is 3. The van der Waals surface area contributed by atoms with Gasteiger partial charge in [-0.15, -0.1) is 0 Å². The predicted octanol–water partition coefficient (Wildman–Crippen LogP) is 2.74. The molecule has 0 saturated carbocycles. The van der Waals surface area contributed by atoms with Crippen LogP contribution in [0.3, 0.4) is 0 Å². The fourth-order valence-corrected chi connectivity index (χ4v) is 5.21. The minimum atomic E-state index is -0.757. The van der Waals surface area contributed by atoms with Gasteiger partial charge in [-0.2, -0.15) is 0 Å². The van der Waals surface area contributed by atoms with Gasteiger partial charge in [0.25, 0.3) is 5.91 Å². The Morgan fingerprint density at radius 2 is 1.56 bits per heavy atom. The molecule has 1 spiro atoms. The first-order chi connectivity index (χ1) is 17.5. The van der Waals surface area contributed by atoms with Gasteiger partial charge in [0.2, 0.25) is 11.8 Å². The van der Waals surface area contributed by atoms with Crippen LogP contribution in [0.4, 0.5) is 5.69 Å². The molecule has 2 aliphatic heterocycles. The summed E-state index contributed by atoms with van der Waals surface area (Å²) in [7, 11) is 0. The van der Waals surface area contributed by atoms with Gasteiger partial charge >= 0.3 is 0 Å². The molecule has 0 unspecified atom stereocenters.